The van der Waals surface area contributed by atoms with Crippen LogP contribution in [-0.4, -0.2) is 27.9 Å². The highest BCUT2D eigenvalue weighted by atomic mass is 35.5. The lowest BCUT2D eigenvalue weighted by molar-refractivity contribution is -0.422. The summed E-state index contributed by atoms with van der Waals surface area (Å²) in [7, 11) is 0.979. The van der Waals surface area contributed by atoms with Gasteiger partial charge in [-0.25, -0.2) is 9.78 Å². The second-order valence-corrected chi connectivity index (χ2v) is 3.02. The quantitative estimate of drug-likeness (QED) is 0.348. The summed E-state index contributed by atoms with van der Waals surface area (Å²) in [6.07, 6.45) is 0.749. The molecule has 0 amide bonds. The van der Waals surface area contributed by atoms with Gasteiger partial charge in [0.05, 0.1) is 23.2 Å². The van der Waals surface area contributed by atoms with Gasteiger partial charge in [-0.1, -0.05) is 11.6 Å². The predicted molar refractivity (Wildman–Crippen MR) is 53.9 cm³/mol. The van der Waals surface area contributed by atoms with Crippen molar-refractivity contribution in [2.24, 2.45) is 0 Å². The van der Waals surface area contributed by atoms with E-state index < -0.39 is 37.9 Å². The van der Waals surface area contributed by atoms with Gasteiger partial charge >= 0.3 is 17.3 Å². The first-order valence-electron chi connectivity index (χ1n) is 3.95. The molecular formula is C7H4ClN3O6. The van der Waals surface area contributed by atoms with Crippen molar-refractivity contribution in [1.29, 1.82) is 0 Å². The van der Waals surface area contributed by atoms with Gasteiger partial charge in [0.15, 0.2) is 5.56 Å². The number of nitro groups is 2. The van der Waals surface area contributed by atoms with E-state index in [0.717, 1.165) is 13.3 Å². The highest BCUT2D eigenvalue weighted by Crippen LogP contribution is 2.35. The second kappa shape index (κ2) is 4.70. The predicted octanol–water partition coefficient (Wildman–Crippen LogP) is 1.34. The van der Waals surface area contributed by atoms with E-state index in [0.29, 0.717) is 0 Å². The highest BCUT2D eigenvalue weighted by molar-refractivity contribution is 6.32. The third-order valence-corrected chi connectivity index (χ3v) is 2.03. The van der Waals surface area contributed by atoms with Gasteiger partial charge in [-0.3, -0.25) is 20.2 Å². The number of methoxy groups -OCH3 is 1. The molecule has 1 rings (SSSR count). The van der Waals surface area contributed by atoms with Crippen molar-refractivity contribution in [3.05, 3.63) is 37.1 Å². The lowest BCUT2D eigenvalue weighted by Gasteiger charge is -2.01. The summed E-state index contributed by atoms with van der Waals surface area (Å²) in [6, 6.07) is 0. The molecule has 0 aliphatic heterocycles. The maximum absolute atomic E-state index is 11.2. The molecule has 0 radical (unpaired) electrons. The molecule has 90 valence electrons. The van der Waals surface area contributed by atoms with E-state index in [2.05, 4.69) is 9.72 Å². The third kappa shape index (κ3) is 2.28. The van der Waals surface area contributed by atoms with Crippen molar-refractivity contribution in [2.45, 2.75) is 0 Å². The summed E-state index contributed by atoms with van der Waals surface area (Å²) in [5.41, 5.74) is -2.71. The Bertz CT molecular complexity index is 517. The Labute approximate surface area is 98.3 Å². The molecule has 0 N–H and O–H groups in total. The van der Waals surface area contributed by atoms with Crippen LogP contribution in [0, 0.1) is 20.2 Å². The molecule has 10 heteroatoms. The van der Waals surface area contributed by atoms with Crippen LogP contribution in [0.25, 0.3) is 0 Å². The van der Waals surface area contributed by atoms with Gasteiger partial charge in [0.2, 0.25) is 5.15 Å². The van der Waals surface area contributed by atoms with Crippen LogP contribution in [0.5, 0.6) is 0 Å². The van der Waals surface area contributed by atoms with Crippen molar-refractivity contribution < 1.29 is 19.4 Å². The molecular weight excluding hydrogens is 258 g/mol. The minimum Gasteiger partial charge on any atom is -0.465 e. The first-order chi connectivity index (χ1) is 7.90. The number of nitrogens with zero attached hydrogens (tertiary/aromatic N) is 3. The Hall–Kier alpha value is -2.29. The monoisotopic (exact) mass is 261 g/mol. The number of hydrogen-bond acceptors (Lipinski definition) is 7. The van der Waals surface area contributed by atoms with Crippen molar-refractivity contribution in [3.63, 3.8) is 0 Å². The zero-order valence-corrected chi connectivity index (χ0v) is 9.00. The van der Waals surface area contributed by atoms with E-state index in [1.807, 2.05) is 0 Å². The lowest BCUT2D eigenvalue weighted by Crippen LogP contribution is -2.09. The average Bonchev–Trinajstić information content (AvgIpc) is 2.26. The van der Waals surface area contributed by atoms with Gasteiger partial charge < -0.3 is 4.74 Å². The topological polar surface area (TPSA) is 125 Å². The minimum absolute atomic E-state index is 0.631. The van der Waals surface area contributed by atoms with Crippen LogP contribution in [0.15, 0.2) is 6.20 Å². The van der Waals surface area contributed by atoms with Crippen molar-refractivity contribution in [2.75, 3.05) is 7.11 Å². The maximum Gasteiger partial charge on any atom is 0.383 e. The number of hydrogen-bond donors (Lipinski definition) is 0. The van der Waals surface area contributed by atoms with Crippen molar-refractivity contribution >= 4 is 28.9 Å². The number of ether oxygens (including phenoxy) is 1. The maximum atomic E-state index is 11.2. The van der Waals surface area contributed by atoms with E-state index >= 15 is 0 Å². The summed E-state index contributed by atoms with van der Waals surface area (Å²) < 4.78 is 4.25. The molecule has 0 atom stereocenters. The van der Waals surface area contributed by atoms with Crippen molar-refractivity contribution in [1.82, 2.24) is 4.98 Å². The van der Waals surface area contributed by atoms with Gasteiger partial charge in [0.25, 0.3) is 0 Å². The fraction of sp³-hybridized carbons (Fsp3) is 0.143. The lowest BCUT2D eigenvalue weighted by atomic mass is 10.2. The van der Waals surface area contributed by atoms with Crippen LogP contribution < -0.4 is 0 Å². The summed E-state index contributed by atoms with van der Waals surface area (Å²) in [5, 5.41) is 20.7. The van der Waals surface area contributed by atoms with E-state index in [1.165, 1.54) is 0 Å². The SMILES string of the molecule is COC(=O)c1cnc(Cl)c([N+](=O)[O-])c1[N+](=O)[O-]. The van der Waals surface area contributed by atoms with Crippen LogP contribution in [0.1, 0.15) is 10.4 Å². The fourth-order valence-electron chi connectivity index (χ4n) is 1.07. The molecule has 9 nitrogen and oxygen atoms in total. The second-order valence-electron chi connectivity index (χ2n) is 2.67. The average molecular weight is 262 g/mol. The molecule has 0 saturated carbocycles. The molecule has 0 aromatic carbocycles. The van der Waals surface area contributed by atoms with Crippen molar-refractivity contribution in [3.8, 4) is 0 Å². The summed E-state index contributed by atoms with van der Waals surface area (Å²) in [6.45, 7) is 0. The first kappa shape index (κ1) is 12.8. The summed E-state index contributed by atoms with van der Waals surface area (Å²) >= 11 is 5.38. The van der Waals surface area contributed by atoms with Crippen LogP contribution in [0.2, 0.25) is 5.15 Å². The minimum atomic E-state index is -1.11. The normalized spacial score (nSPS) is 9.76. The number of carbonyl (C=O) groups excluding carboxylic acids is 1. The largest absolute Gasteiger partial charge is 0.465 e. The zero-order chi connectivity index (χ0) is 13.2. The standard InChI is InChI=1S/C7H4ClN3O6/c1-17-7(12)3-2-9-6(8)5(11(15)16)4(3)10(13)14/h2H,1H3. The molecule has 0 saturated heterocycles. The Morgan fingerprint density at radius 1 is 1.35 bits per heavy atom. The number of carbonyl (C=O) groups is 1. The Balaban J connectivity index is 3.65. The van der Waals surface area contributed by atoms with E-state index in [4.69, 9.17) is 11.6 Å². The van der Waals surface area contributed by atoms with Crippen LogP contribution in [0.4, 0.5) is 11.4 Å². The van der Waals surface area contributed by atoms with E-state index in [1.54, 1.807) is 0 Å². The number of rotatable bonds is 3. The molecule has 1 heterocycles. The van der Waals surface area contributed by atoms with E-state index in [9.17, 15) is 25.0 Å². The molecule has 0 aliphatic carbocycles. The molecule has 17 heavy (non-hydrogen) atoms. The molecule has 0 fully saturated rings. The van der Waals surface area contributed by atoms with E-state index in [-0.39, 0.29) is 0 Å². The highest BCUT2D eigenvalue weighted by Gasteiger charge is 2.36. The Morgan fingerprint density at radius 2 is 1.88 bits per heavy atom. The smallest absolute Gasteiger partial charge is 0.383 e. The van der Waals surface area contributed by atoms with Crippen LogP contribution in [-0.2, 0) is 4.74 Å². The molecule has 0 aliphatic rings. The number of esters is 1. The third-order valence-electron chi connectivity index (χ3n) is 1.75. The number of pyridine rings is 1. The molecule has 0 spiro atoms. The zero-order valence-electron chi connectivity index (χ0n) is 8.25. The van der Waals surface area contributed by atoms with Gasteiger partial charge in [-0.05, 0) is 0 Å². The van der Waals surface area contributed by atoms with Gasteiger partial charge in [-0.15, -0.1) is 0 Å². The Kier molecular flexibility index (Phi) is 3.53. The van der Waals surface area contributed by atoms with Gasteiger partial charge in [-0.2, -0.15) is 0 Å². The molecule has 1 aromatic heterocycles. The number of halogens is 1. The molecule has 0 bridgehead atoms. The van der Waals surface area contributed by atoms with Gasteiger partial charge in [0.1, 0.15) is 0 Å². The molecule has 0 unspecified atom stereocenters. The first-order valence-corrected chi connectivity index (χ1v) is 4.33. The summed E-state index contributed by atoms with van der Waals surface area (Å²) in [4.78, 5) is 33.7. The van der Waals surface area contributed by atoms with Gasteiger partial charge in [0, 0.05) is 0 Å². The van der Waals surface area contributed by atoms with Crippen LogP contribution in [0.3, 0.4) is 0 Å². The Morgan fingerprint density at radius 3 is 2.29 bits per heavy atom. The summed E-state index contributed by atoms with van der Waals surface area (Å²) in [5.74, 6) is -1.11. The molecule has 1 aromatic rings. The fourth-order valence-corrected chi connectivity index (χ4v) is 1.28. The van der Waals surface area contributed by atoms with Crippen LogP contribution >= 0.6 is 11.6 Å². The number of aromatic nitrogens is 1.